The molecular weight excluding hydrogens is 212 g/mol. The molecule has 2 rings (SSSR count). The SMILES string of the molecule is CNC(C1=COCCC1)c1ccc(C)nc1C. The highest BCUT2D eigenvalue weighted by Gasteiger charge is 2.19. The molecule has 92 valence electrons. The number of aromatic nitrogens is 1. The summed E-state index contributed by atoms with van der Waals surface area (Å²) in [6.45, 7) is 4.93. The van der Waals surface area contributed by atoms with E-state index in [9.17, 15) is 0 Å². The summed E-state index contributed by atoms with van der Waals surface area (Å²) in [4.78, 5) is 4.53. The van der Waals surface area contributed by atoms with Gasteiger partial charge in [-0.1, -0.05) is 6.07 Å². The predicted octanol–water partition coefficient (Wildman–Crippen LogP) is 2.65. The molecule has 1 aliphatic heterocycles. The second-order valence-electron chi connectivity index (χ2n) is 4.52. The molecule has 0 aromatic carbocycles. The first-order valence-electron chi connectivity index (χ1n) is 6.14. The maximum Gasteiger partial charge on any atom is 0.0876 e. The third-order valence-electron chi connectivity index (χ3n) is 3.20. The number of nitrogens with zero attached hydrogens (tertiary/aromatic N) is 1. The minimum Gasteiger partial charge on any atom is -0.501 e. The average Bonchev–Trinajstić information content (AvgIpc) is 2.34. The van der Waals surface area contributed by atoms with Gasteiger partial charge in [-0.25, -0.2) is 0 Å². The Morgan fingerprint density at radius 3 is 2.76 bits per heavy atom. The fourth-order valence-electron chi connectivity index (χ4n) is 2.34. The van der Waals surface area contributed by atoms with Crippen molar-refractivity contribution in [3.63, 3.8) is 0 Å². The second kappa shape index (κ2) is 5.32. The molecule has 1 aromatic heterocycles. The molecule has 0 radical (unpaired) electrons. The van der Waals surface area contributed by atoms with Crippen molar-refractivity contribution >= 4 is 0 Å². The van der Waals surface area contributed by atoms with E-state index in [0.29, 0.717) is 0 Å². The number of pyridine rings is 1. The summed E-state index contributed by atoms with van der Waals surface area (Å²) in [7, 11) is 1.99. The molecule has 0 spiro atoms. The molecule has 1 aliphatic rings. The Balaban J connectivity index is 2.31. The lowest BCUT2D eigenvalue weighted by atomic mass is 9.94. The highest BCUT2D eigenvalue weighted by atomic mass is 16.5. The van der Waals surface area contributed by atoms with Gasteiger partial charge in [0.2, 0.25) is 0 Å². The van der Waals surface area contributed by atoms with E-state index in [4.69, 9.17) is 4.74 Å². The number of hydrogen-bond donors (Lipinski definition) is 1. The number of hydrogen-bond acceptors (Lipinski definition) is 3. The standard InChI is InChI=1S/C14H20N2O/c1-10-6-7-13(11(2)16-10)14(15-3)12-5-4-8-17-9-12/h6-7,9,14-15H,4-5,8H2,1-3H3. The zero-order chi connectivity index (χ0) is 12.3. The van der Waals surface area contributed by atoms with E-state index >= 15 is 0 Å². The molecule has 0 aliphatic carbocycles. The van der Waals surface area contributed by atoms with Crippen LogP contribution < -0.4 is 5.32 Å². The first kappa shape index (κ1) is 12.1. The number of likely N-dealkylation sites (N-methyl/N-ethyl adjacent to an activating group) is 1. The molecule has 0 bridgehead atoms. The van der Waals surface area contributed by atoms with Gasteiger partial charge in [-0.2, -0.15) is 0 Å². The molecule has 0 saturated carbocycles. The van der Waals surface area contributed by atoms with Gasteiger partial charge in [-0.15, -0.1) is 0 Å². The van der Waals surface area contributed by atoms with Crippen molar-refractivity contribution in [2.24, 2.45) is 0 Å². The molecular formula is C14H20N2O. The Morgan fingerprint density at radius 2 is 2.18 bits per heavy atom. The molecule has 1 N–H and O–H groups in total. The van der Waals surface area contributed by atoms with Crippen molar-refractivity contribution in [2.45, 2.75) is 32.7 Å². The first-order valence-corrected chi connectivity index (χ1v) is 6.14. The van der Waals surface area contributed by atoms with Crippen molar-refractivity contribution in [3.05, 3.63) is 40.9 Å². The smallest absolute Gasteiger partial charge is 0.0876 e. The van der Waals surface area contributed by atoms with Gasteiger partial charge in [0.25, 0.3) is 0 Å². The summed E-state index contributed by atoms with van der Waals surface area (Å²) in [5.74, 6) is 0. The van der Waals surface area contributed by atoms with Crippen molar-refractivity contribution in [1.29, 1.82) is 0 Å². The van der Waals surface area contributed by atoms with Crippen LogP contribution in [0.2, 0.25) is 0 Å². The number of aryl methyl sites for hydroxylation is 2. The lowest BCUT2D eigenvalue weighted by Crippen LogP contribution is -2.22. The van der Waals surface area contributed by atoms with Crippen molar-refractivity contribution in [3.8, 4) is 0 Å². The molecule has 17 heavy (non-hydrogen) atoms. The van der Waals surface area contributed by atoms with E-state index in [-0.39, 0.29) is 6.04 Å². The maximum absolute atomic E-state index is 5.43. The van der Waals surface area contributed by atoms with Gasteiger partial charge in [0.1, 0.15) is 0 Å². The number of rotatable bonds is 3. The van der Waals surface area contributed by atoms with Crippen LogP contribution in [0.3, 0.4) is 0 Å². The van der Waals surface area contributed by atoms with Crippen LogP contribution in [0.5, 0.6) is 0 Å². The minimum atomic E-state index is 0.225. The van der Waals surface area contributed by atoms with Gasteiger partial charge in [-0.05, 0) is 50.9 Å². The molecule has 3 nitrogen and oxygen atoms in total. The van der Waals surface area contributed by atoms with Crippen LogP contribution in [0, 0.1) is 13.8 Å². The third kappa shape index (κ3) is 2.67. The highest BCUT2D eigenvalue weighted by Crippen LogP contribution is 2.28. The van der Waals surface area contributed by atoms with Gasteiger partial charge >= 0.3 is 0 Å². The van der Waals surface area contributed by atoms with Crippen LogP contribution in [-0.4, -0.2) is 18.6 Å². The molecule has 3 heteroatoms. The topological polar surface area (TPSA) is 34.1 Å². The number of nitrogens with one attached hydrogen (secondary N) is 1. The van der Waals surface area contributed by atoms with Crippen LogP contribution >= 0.6 is 0 Å². The van der Waals surface area contributed by atoms with Gasteiger partial charge in [-0.3, -0.25) is 4.98 Å². The van der Waals surface area contributed by atoms with E-state index < -0.39 is 0 Å². The Kier molecular flexibility index (Phi) is 3.79. The Bertz CT molecular complexity index is 426. The molecule has 2 heterocycles. The zero-order valence-electron chi connectivity index (χ0n) is 10.8. The Labute approximate surface area is 103 Å². The van der Waals surface area contributed by atoms with Crippen LogP contribution in [0.25, 0.3) is 0 Å². The van der Waals surface area contributed by atoms with Gasteiger partial charge in [0.05, 0.1) is 18.9 Å². The van der Waals surface area contributed by atoms with E-state index in [2.05, 4.69) is 29.4 Å². The fourth-order valence-corrected chi connectivity index (χ4v) is 2.34. The second-order valence-corrected chi connectivity index (χ2v) is 4.52. The lowest BCUT2D eigenvalue weighted by molar-refractivity contribution is 0.220. The van der Waals surface area contributed by atoms with Crippen molar-refractivity contribution in [2.75, 3.05) is 13.7 Å². The van der Waals surface area contributed by atoms with Crippen LogP contribution in [-0.2, 0) is 4.74 Å². The maximum atomic E-state index is 5.43. The molecule has 0 saturated heterocycles. The summed E-state index contributed by atoms with van der Waals surface area (Å²) in [5.41, 5.74) is 4.72. The predicted molar refractivity (Wildman–Crippen MR) is 68.8 cm³/mol. The van der Waals surface area contributed by atoms with E-state index in [1.807, 2.05) is 20.2 Å². The molecule has 0 amide bonds. The van der Waals surface area contributed by atoms with Gasteiger partial charge in [0.15, 0.2) is 0 Å². The zero-order valence-corrected chi connectivity index (χ0v) is 10.8. The van der Waals surface area contributed by atoms with Crippen molar-refractivity contribution in [1.82, 2.24) is 10.3 Å². The summed E-state index contributed by atoms with van der Waals surface area (Å²) in [5, 5.41) is 3.36. The number of ether oxygens (including phenoxy) is 1. The largest absolute Gasteiger partial charge is 0.501 e. The van der Waals surface area contributed by atoms with Crippen molar-refractivity contribution < 1.29 is 4.74 Å². The van der Waals surface area contributed by atoms with E-state index in [1.54, 1.807) is 0 Å². The van der Waals surface area contributed by atoms with Crippen LogP contribution in [0.4, 0.5) is 0 Å². The Hall–Kier alpha value is -1.35. The fraction of sp³-hybridized carbons (Fsp3) is 0.500. The first-order chi connectivity index (χ1) is 8.22. The minimum absolute atomic E-state index is 0.225. The van der Waals surface area contributed by atoms with Crippen LogP contribution in [0.1, 0.15) is 35.8 Å². The summed E-state index contributed by atoms with van der Waals surface area (Å²) in [6, 6.07) is 4.45. The summed E-state index contributed by atoms with van der Waals surface area (Å²) >= 11 is 0. The summed E-state index contributed by atoms with van der Waals surface area (Å²) in [6.07, 6.45) is 4.10. The quantitative estimate of drug-likeness (QED) is 0.870. The molecule has 1 atom stereocenters. The third-order valence-corrected chi connectivity index (χ3v) is 3.20. The highest BCUT2D eigenvalue weighted by molar-refractivity contribution is 5.32. The summed E-state index contributed by atoms with van der Waals surface area (Å²) < 4.78 is 5.43. The van der Waals surface area contributed by atoms with Gasteiger partial charge < -0.3 is 10.1 Å². The molecule has 1 aromatic rings. The van der Waals surface area contributed by atoms with Crippen LogP contribution in [0.15, 0.2) is 24.0 Å². The molecule has 0 fully saturated rings. The Morgan fingerprint density at radius 1 is 1.35 bits per heavy atom. The lowest BCUT2D eigenvalue weighted by Gasteiger charge is -2.24. The molecule has 1 unspecified atom stereocenters. The van der Waals surface area contributed by atoms with E-state index in [1.165, 1.54) is 11.1 Å². The van der Waals surface area contributed by atoms with E-state index in [0.717, 1.165) is 30.8 Å². The normalized spacial score (nSPS) is 17.2. The monoisotopic (exact) mass is 232 g/mol. The van der Waals surface area contributed by atoms with Gasteiger partial charge in [0, 0.05) is 11.4 Å². The average molecular weight is 232 g/mol.